The first-order chi connectivity index (χ1) is 9.22. The molecule has 102 valence electrons. The van der Waals surface area contributed by atoms with Crippen molar-refractivity contribution >= 4 is 5.91 Å². The smallest absolute Gasteiger partial charge is 0.251 e. The van der Waals surface area contributed by atoms with E-state index in [4.69, 9.17) is 0 Å². The minimum absolute atomic E-state index is 0.0595. The van der Waals surface area contributed by atoms with E-state index in [1.54, 1.807) is 0 Å². The quantitative estimate of drug-likeness (QED) is 0.850. The van der Waals surface area contributed by atoms with Crippen molar-refractivity contribution in [3.8, 4) is 0 Å². The number of nitrogens with zero attached hydrogens (tertiary/aromatic N) is 1. The second-order valence-electron chi connectivity index (χ2n) is 5.71. The summed E-state index contributed by atoms with van der Waals surface area (Å²) in [6.07, 6.45) is 1.19. The van der Waals surface area contributed by atoms with E-state index in [0.717, 1.165) is 38.3 Å². The predicted molar refractivity (Wildman–Crippen MR) is 74.9 cm³/mol. The zero-order valence-corrected chi connectivity index (χ0v) is 11.4. The van der Waals surface area contributed by atoms with Gasteiger partial charge in [0, 0.05) is 31.7 Å². The maximum atomic E-state index is 12.1. The number of hydrogen-bond acceptors (Lipinski definition) is 3. The van der Waals surface area contributed by atoms with Crippen LogP contribution in [0, 0.1) is 5.92 Å². The minimum atomic E-state index is 0.0595. The molecule has 1 atom stereocenters. The Hall–Kier alpha value is -1.39. The normalized spacial score (nSPS) is 22.5. The molecule has 2 aliphatic heterocycles. The van der Waals surface area contributed by atoms with Crippen LogP contribution < -0.4 is 10.6 Å². The van der Waals surface area contributed by atoms with Gasteiger partial charge >= 0.3 is 0 Å². The maximum Gasteiger partial charge on any atom is 0.251 e. The summed E-state index contributed by atoms with van der Waals surface area (Å²) in [6, 6.07) is 6.01. The zero-order valence-electron chi connectivity index (χ0n) is 11.4. The van der Waals surface area contributed by atoms with E-state index in [0.29, 0.717) is 5.92 Å². The Labute approximate surface area is 114 Å². The van der Waals surface area contributed by atoms with Crippen molar-refractivity contribution < 1.29 is 4.79 Å². The molecule has 1 fully saturated rings. The molecule has 0 radical (unpaired) electrons. The lowest BCUT2D eigenvalue weighted by molar-refractivity contribution is 0.0947. The highest BCUT2D eigenvalue weighted by atomic mass is 16.1. The summed E-state index contributed by atoms with van der Waals surface area (Å²) >= 11 is 0. The monoisotopic (exact) mass is 259 g/mol. The second kappa shape index (κ2) is 5.31. The number of nitrogens with one attached hydrogen (secondary N) is 2. The van der Waals surface area contributed by atoms with Crippen LogP contribution in [-0.2, 0) is 13.1 Å². The van der Waals surface area contributed by atoms with Crippen molar-refractivity contribution in [2.45, 2.75) is 19.5 Å². The van der Waals surface area contributed by atoms with Gasteiger partial charge in [0.2, 0.25) is 0 Å². The number of likely N-dealkylation sites (tertiary alicyclic amines) is 1. The minimum Gasteiger partial charge on any atom is -0.352 e. The molecule has 19 heavy (non-hydrogen) atoms. The Bertz CT molecular complexity index is 486. The molecule has 1 aromatic rings. The topological polar surface area (TPSA) is 44.4 Å². The van der Waals surface area contributed by atoms with Gasteiger partial charge in [-0.2, -0.15) is 0 Å². The van der Waals surface area contributed by atoms with Gasteiger partial charge in [-0.15, -0.1) is 0 Å². The summed E-state index contributed by atoms with van der Waals surface area (Å²) in [7, 11) is 2.13. The summed E-state index contributed by atoms with van der Waals surface area (Å²) in [5.41, 5.74) is 3.36. The van der Waals surface area contributed by atoms with E-state index in [-0.39, 0.29) is 5.91 Å². The lowest BCUT2D eigenvalue weighted by Gasteiger charge is -2.12. The molecule has 3 rings (SSSR count). The molecule has 4 nitrogen and oxygen atoms in total. The van der Waals surface area contributed by atoms with Gasteiger partial charge in [-0.1, -0.05) is 6.07 Å². The fourth-order valence-corrected chi connectivity index (χ4v) is 2.97. The predicted octanol–water partition coefficient (Wildman–Crippen LogP) is 0.971. The number of benzene rings is 1. The Kier molecular flexibility index (Phi) is 3.53. The molecule has 2 heterocycles. The summed E-state index contributed by atoms with van der Waals surface area (Å²) in [6.45, 7) is 4.83. The molecule has 1 saturated heterocycles. The molecule has 0 spiro atoms. The van der Waals surface area contributed by atoms with Crippen LogP contribution in [0.2, 0.25) is 0 Å². The maximum absolute atomic E-state index is 12.1. The van der Waals surface area contributed by atoms with Crippen molar-refractivity contribution in [1.29, 1.82) is 0 Å². The van der Waals surface area contributed by atoms with E-state index in [1.165, 1.54) is 17.5 Å². The summed E-state index contributed by atoms with van der Waals surface area (Å²) in [5.74, 6) is 0.661. The summed E-state index contributed by atoms with van der Waals surface area (Å²) in [4.78, 5) is 14.5. The molecule has 2 N–H and O–H groups in total. The third kappa shape index (κ3) is 2.80. The first kappa shape index (κ1) is 12.6. The first-order valence-electron chi connectivity index (χ1n) is 7.01. The average molecular weight is 259 g/mol. The molecular formula is C15H21N3O. The van der Waals surface area contributed by atoms with Gasteiger partial charge in [-0.25, -0.2) is 0 Å². The first-order valence-corrected chi connectivity index (χ1v) is 7.01. The van der Waals surface area contributed by atoms with Crippen LogP contribution in [0.3, 0.4) is 0 Å². The number of carbonyl (C=O) groups excluding carboxylic acids is 1. The van der Waals surface area contributed by atoms with Crippen LogP contribution in [0.15, 0.2) is 18.2 Å². The second-order valence-corrected chi connectivity index (χ2v) is 5.71. The van der Waals surface area contributed by atoms with E-state index in [9.17, 15) is 4.79 Å². The number of hydrogen-bond donors (Lipinski definition) is 2. The van der Waals surface area contributed by atoms with Crippen molar-refractivity contribution in [1.82, 2.24) is 15.5 Å². The molecule has 0 aliphatic carbocycles. The van der Waals surface area contributed by atoms with Crippen LogP contribution in [0.4, 0.5) is 0 Å². The molecule has 2 aliphatic rings. The highest BCUT2D eigenvalue weighted by Crippen LogP contribution is 2.17. The van der Waals surface area contributed by atoms with Gasteiger partial charge in [0.1, 0.15) is 0 Å². The van der Waals surface area contributed by atoms with Crippen LogP contribution in [-0.4, -0.2) is 37.5 Å². The largest absolute Gasteiger partial charge is 0.352 e. The summed E-state index contributed by atoms with van der Waals surface area (Å²) in [5, 5.41) is 6.36. The lowest BCUT2D eigenvalue weighted by Crippen LogP contribution is -2.30. The average Bonchev–Trinajstić information content (AvgIpc) is 3.03. The van der Waals surface area contributed by atoms with Gasteiger partial charge in [0.05, 0.1) is 0 Å². The molecule has 0 bridgehead atoms. The van der Waals surface area contributed by atoms with Crippen molar-refractivity contribution in [3.05, 3.63) is 34.9 Å². The molecule has 0 aromatic heterocycles. The van der Waals surface area contributed by atoms with Gasteiger partial charge in [-0.05, 0) is 49.2 Å². The third-order valence-electron chi connectivity index (χ3n) is 4.14. The Balaban J connectivity index is 1.58. The Morgan fingerprint density at radius 3 is 3.05 bits per heavy atom. The highest BCUT2D eigenvalue weighted by Gasteiger charge is 2.20. The van der Waals surface area contributed by atoms with Crippen LogP contribution in [0.1, 0.15) is 27.9 Å². The van der Waals surface area contributed by atoms with Crippen LogP contribution in [0.5, 0.6) is 0 Å². The Morgan fingerprint density at radius 2 is 2.26 bits per heavy atom. The van der Waals surface area contributed by atoms with Crippen molar-refractivity contribution in [3.63, 3.8) is 0 Å². The summed E-state index contributed by atoms with van der Waals surface area (Å²) < 4.78 is 0. The number of amides is 1. The number of rotatable bonds is 3. The van der Waals surface area contributed by atoms with Gasteiger partial charge in [0.25, 0.3) is 5.91 Å². The third-order valence-corrected chi connectivity index (χ3v) is 4.14. The molecule has 1 aromatic carbocycles. The SMILES string of the molecule is CN1CCC(CNC(=O)c2ccc3c(c2)CNC3)C1. The van der Waals surface area contributed by atoms with Gasteiger partial charge < -0.3 is 15.5 Å². The van der Waals surface area contributed by atoms with E-state index in [1.807, 2.05) is 12.1 Å². The highest BCUT2D eigenvalue weighted by molar-refractivity contribution is 5.94. The number of carbonyl (C=O) groups is 1. The fourth-order valence-electron chi connectivity index (χ4n) is 2.97. The van der Waals surface area contributed by atoms with E-state index >= 15 is 0 Å². The number of fused-ring (bicyclic) bond motifs is 1. The van der Waals surface area contributed by atoms with Gasteiger partial charge in [0.15, 0.2) is 0 Å². The van der Waals surface area contributed by atoms with E-state index in [2.05, 4.69) is 28.6 Å². The fraction of sp³-hybridized carbons (Fsp3) is 0.533. The molecular weight excluding hydrogens is 238 g/mol. The molecule has 1 unspecified atom stereocenters. The molecule has 1 amide bonds. The van der Waals surface area contributed by atoms with E-state index < -0.39 is 0 Å². The van der Waals surface area contributed by atoms with Gasteiger partial charge in [-0.3, -0.25) is 4.79 Å². The lowest BCUT2D eigenvalue weighted by atomic mass is 10.1. The Morgan fingerprint density at radius 1 is 1.42 bits per heavy atom. The standard InChI is InChI=1S/C15H21N3O/c1-18-5-4-11(10-18)7-17-15(19)12-2-3-13-8-16-9-14(13)6-12/h2-3,6,11,16H,4-5,7-10H2,1H3,(H,17,19). The molecule has 4 heteroatoms. The van der Waals surface area contributed by atoms with Crippen LogP contribution in [0.25, 0.3) is 0 Å². The van der Waals surface area contributed by atoms with Crippen molar-refractivity contribution in [2.75, 3.05) is 26.7 Å². The zero-order chi connectivity index (χ0) is 13.2. The molecule has 0 saturated carbocycles. The van der Waals surface area contributed by atoms with Crippen molar-refractivity contribution in [2.24, 2.45) is 5.92 Å². The van der Waals surface area contributed by atoms with Crippen LogP contribution >= 0.6 is 0 Å².